The highest BCUT2D eigenvalue weighted by Gasteiger charge is 2.09. The Morgan fingerprint density at radius 2 is 2.25 bits per heavy atom. The highest BCUT2D eigenvalue weighted by molar-refractivity contribution is 9.10. The number of nitrogens with one attached hydrogen (secondary N) is 1. The van der Waals surface area contributed by atoms with Gasteiger partial charge in [-0.25, -0.2) is 4.39 Å². The lowest BCUT2D eigenvalue weighted by Crippen LogP contribution is -2.29. The van der Waals surface area contributed by atoms with Gasteiger partial charge in [-0.3, -0.25) is 0 Å². The Hall–Kier alpha value is -0.670. The first kappa shape index (κ1) is 11.8. The molecule has 0 aliphatic heterocycles. The quantitative estimate of drug-likeness (QED) is 0.833. The highest BCUT2D eigenvalue weighted by Crippen LogP contribution is 2.18. The minimum Gasteiger partial charge on any atom is -0.310 e. The molecule has 1 nitrogen and oxygen atoms in total. The van der Waals surface area contributed by atoms with E-state index in [-0.39, 0.29) is 5.82 Å². The van der Waals surface area contributed by atoms with Crippen molar-refractivity contribution in [3.63, 3.8) is 0 Å². The van der Waals surface area contributed by atoms with E-state index in [1.165, 1.54) is 12.5 Å². The third-order valence-electron chi connectivity index (χ3n) is 2.86. The first-order chi connectivity index (χ1) is 7.75. The van der Waals surface area contributed by atoms with E-state index in [4.69, 9.17) is 0 Å². The molecule has 3 heteroatoms. The number of hydrogen-bond donors (Lipinski definition) is 1. The van der Waals surface area contributed by atoms with Crippen LogP contribution in [0.4, 0.5) is 4.39 Å². The standard InChI is InChI=1S/C13H15BrFN/c14-13-7-6-11(15)8-10(13)9-16-12-4-2-1-3-5-12/h1-2,6-8,12,16H,3-5,9H2. The zero-order chi connectivity index (χ0) is 11.4. The highest BCUT2D eigenvalue weighted by atomic mass is 79.9. The number of benzene rings is 1. The Morgan fingerprint density at radius 3 is 3.00 bits per heavy atom. The van der Waals surface area contributed by atoms with Gasteiger partial charge in [0.15, 0.2) is 0 Å². The van der Waals surface area contributed by atoms with Crippen LogP contribution in [0.2, 0.25) is 0 Å². The van der Waals surface area contributed by atoms with Crippen LogP contribution in [-0.4, -0.2) is 6.04 Å². The Balaban J connectivity index is 1.93. The number of hydrogen-bond acceptors (Lipinski definition) is 1. The molecule has 0 saturated heterocycles. The summed E-state index contributed by atoms with van der Waals surface area (Å²) in [5, 5.41) is 3.46. The van der Waals surface area contributed by atoms with E-state index in [1.807, 2.05) is 0 Å². The summed E-state index contributed by atoms with van der Waals surface area (Å²) in [6.07, 6.45) is 7.82. The summed E-state index contributed by atoms with van der Waals surface area (Å²) in [6.45, 7) is 0.719. The monoisotopic (exact) mass is 283 g/mol. The van der Waals surface area contributed by atoms with Gasteiger partial charge in [-0.2, -0.15) is 0 Å². The van der Waals surface area contributed by atoms with E-state index >= 15 is 0 Å². The average Bonchev–Trinajstić information content (AvgIpc) is 2.32. The van der Waals surface area contributed by atoms with Gasteiger partial charge in [-0.1, -0.05) is 28.1 Å². The van der Waals surface area contributed by atoms with Crippen LogP contribution in [0, 0.1) is 5.82 Å². The summed E-state index contributed by atoms with van der Waals surface area (Å²) in [6, 6.07) is 5.33. The molecule has 16 heavy (non-hydrogen) atoms. The number of allylic oxidation sites excluding steroid dienone is 1. The van der Waals surface area contributed by atoms with Crippen molar-refractivity contribution in [1.29, 1.82) is 0 Å². The molecule has 1 unspecified atom stereocenters. The molecule has 1 atom stereocenters. The first-order valence-electron chi connectivity index (χ1n) is 5.58. The molecule has 1 aliphatic carbocycles. The molecule has 1 aromatic carbocycles. The van der Waals surface area contributed by atoms with E-state index in [0.717, 1.165) is 29.4 Å². The maximum atomic E-state index is 13.1. The predicted octanol–water partition coefficient (Wildman–Crippen LogP) is 3.79. The maximum Gasteiger partial charge on any atom is 0.123 e. The van der Waals surface area contributed by atoms with Crippen LogP contribution in [0.25, 0.3) is 0 Å². The van der Waals surface area contributed by atoms with Crippen LogP contribution in [0.15, 0.2) is 34.8 Å². The lowest BCUT2D eigenvalue weighted by molar-refractivity contribution is 0.473. The smallest absolute Gasteiger partial charge is 0.123 e. The van der Waals surface area contributed by atoms with Crippen LogP contribution in [-0.2, 0) is 6.54 Å². The normalized spacial score (nSPS) is 20.0. The number of halogens is 2. The molecule has 0 radical (unpaired) electrons. The first-order valence-corrected chi connectivity index (χ1v) is 6.37. The van der Waals surface area contributed by atoms with Crippen molar-refractivity contribution in [3.05, 3.63) is 46.2 Å². The molecule has 0 spiro atoms. The fraction of sp³-hybridized carbons (Fsp3) is 0.385. The Bertz CT molecular complexity index is 390. The van der Waals surface area contributed by atoms with E-state index in [2.05, 4.69) is 33.4 Å². The molecule has 1 aliphatic rings. The zero-order valence-corrected chi connectivity index (χ0v) is 10.6. The van der Waals surface area contributed by atoms with E-state index in [9.17, 15) is 4.39 Å². The fourth-order valence-corrected chi connectivity index (χ4v) is 2.30. The van der Waals surface area contributed by atoms with Crippen molar-refractivity contribution in [2.75, 3.05) is 0 Å². The van der Waals surface area contributed by atoms with Crippen molar-refractivity contribution < 1.29 is 4.39 Å². The third kappa shape index (κ3) is 3.16. The minimum absolute atomic E-state index is 0.177. The van der Waals surface area contributed by atoms with Crippen LogP contribution >= 0.6 is 15.9 Å². The minimum atomic E-state index is -0.177. The van der Waals surface area contributed by atoms with Gasteiger partial charge in [0.05, 0.1) is 0 Å². The van der Waals surface area contributed by atoms with Crippen molar-refractivity contribution in [2.24, 2.45) is 0 Å². The van der Waals surface area contributed by atoms with Gasteiger partial charge in [0.1, 0.15) is 5.82 Å². The predicted molar refractivity (Wildman–Crippen MR) is 67.7 cm³/mol. The largest absolute Gasteiger partial charge is 0.310 e. The Kier molecular flexibility index (Phi) is 4.13. The summed E-state index contributed by atoms with van der Waals surface area (Å²) >= 11 is 3.43. The summed E-state index contributed by atoms with van der Waals surface area (Å²) in [5.74, 6) is -0.177. The van der Waals surface area contributed by atoms with Crippen molar-refractivity contribution in [2.45, 2.75) is 31.8 Å². The van der Waals surface area contributed by atoms with Gasteiger partial charge >= 0.3 is 0 Å². The van der Waals surface area contributed by atoms with Crippen LogP contribution in [0.3, 0.4) is 0 Å². The van der Waals surface area contributed by atoms with E-state index in [1.54, 1.807) is 12.1 Å². The summed E-state index contributed by atoms with van der Waals surface area (Å²) < 4.78 is 14.0. The van der Waals surface area contributed by atoms with E-state index < -0.39 is 0 Å². The summed E-state index contributed by atoms with van der Waals surface area (Å²) in [5.41, 5.74) is 0.981. The third-order valence-corrected chi connectivity index (χ3v) is 3.63. The van der Waals surface area contributed by atoms with Crippen LogP contribution in [0.1, 0.15) is 24.8 Å². The summed E-state index contributed by atoms with van der Waals surface area (Å²) in [4.78, 5) is 0. The van der Waals surface area contributed by atoms with Gasteiger partial charge in [0.2, 0.25) is 0 Å². The maximum absolute atomic E-state index is 13.1. The molecule has 86 valence electrons. The van der Waals surface area contributed by atoms with Gasteiger partial charge < -0.3 is 5.32 Å². The Labute approximate surface area is 104 Å². The van der Waals surface area contributed by atoms with Gasteiger partial charge in [-0.15, -0.1) is 0 Å². The molecule has 0 saturated carbocycles. The molecule has 0 bridgehead atoms. The van der Waals surface area contributed by atoms with Gasteiger partial charge in [0, 0.05) is 17.1 Å². The second-order valence-corrected chi connectivity index (χ2v) is 4.95. The van der Waals surface area contributed by atoms with Gasteiger partial charge in [-0.05, 0) is 43.0 Å². The van der Waals surface area contributed by atoms with Crippen molar-refractivity contribution in [3.8, 4) is 0 Å². The molecule has 0 heterocycles. The fourth-order valence-electron chi connectivity index (χ4n) is 1.91. The van der Waals surface area contributed by atoms with Gasteiger partial charge in [0.25, 0.3) is 0 Å². The molecular formula is C13H15BrFN. The van der Waals surface area contributed by atoms with Crippen LogP contribution in [0.5, 0.6) is 0 Å². The van der Waals surface area contributed by atoms with Crippen molar-refractivity contribution in [1.82, 2.24) is 5.32 Å². The molecule has 0 aromatic heterocycles. The second kappa shape index (κ2) is 5.60. The van der Waals surface area contributed by atoms with E-state index in [0.29, 0.717) is 6.04 Å². The lowest BCUT2D eigenvalue weighted by atomic mass is 10.0. The van der Waals surface area contributed by atoms with Crippen LogP contribution < -0.4 is 5.32 Å². The Morgan fingerprint density at radius 1 is 1.38 bits per heavy atom. The molecule has 0 amide bonds. The number of rotatable bonds is 3. The zero-order valence-electron chi connectivity index (χ0n) is 9.05. The lowest BCUT2D eigenvalue weighted by Gasteiger charge is -2.19. The van der Waals surface area contributed by atoms with Crippen molar-refractivity contribution >= 4 is 15.9 Å². The topological polar surface area (TPSA) is 12.0 Å². The summed E-state index contributed by atoms with van der Waals surface area (Å²) in [7, 11) is 0. The SMILES string of the molecule is Fc1ccc(Br)c(CNC2CC=CCC2)c1. The molecule has 1 aromatic rings. The molecular weight excluding hydrogens is 269 g/mol. The molecule has 2 rings (SSSR count). The molecule has 1 N–H and O–H groups in total. The molecule has 0 fully saturated rings. The average molecular weight is 284 g/mol. The second-order valence-electron chi connectivity index (χ2n) is 4.10.